The molecule has 0 saturated heterocycles. The number of hydrogen-bond acceptors (Lipinski definition) is 9. The summed E-state index contributed by atoms with van der Waals surface area (Å²) in [7, 11) is 4.35. The first-order valence-electron chi connectivity index (χ1n) is 14.4. The second-order valence-corrected chi connectivity index (χ2v) is 12.9. The Hall–Kier alpha value is -4.32. The first kappa shape index (κ1) is 32.1. The van der Waals surface area contributed by atoms with E-state index in [-0.39, 0.29) is 17.4 Å². The molecule has 2 amide bonds. The largest absolute Gasteiger partial charge is 0.496 e. The van der Waals surface area contributed by atoms with Crippen molar-refractivity contribution in [1.82, 2.24) is 4.90 Å². The minimum absolute atomic E-state index is 0.238. The lowest BCUT2D eigenvalue weighted by atomic mass is 10.0. The summed E-state index contributed by atoms with van der Waals surface area (Å²) < 4.78 is 15.8. The second kappa shape index (κ2) is 14.6. The zero-order valence-corrected chi connectivity index (χ0v) is 27.2. The highest BCUT2D eigenvalue weighted by atomic mass is 32.2. The van der Waals surface area contributed by atoms with Gasteiger partial charge in [-0.1, -0.05) is 42.5 Å². The van der Waals surface area contributed by atoms with E-state index in [4.69, 9.17) is 14.2 Å². The van der Waals surface area contributed by atoms with E-state index in [1.165, 1.54) is 50.0 Å². The van der Waals surface area contributed by atoms with E-state index in [1.807, 2.05) is 30.3 Å². The van der Waals surface area contributed by atoms with Crippen LogP contribution >= 0.6 is 23.1 Å². The molecule has 0 saturated carbocycles. The topological polar surface area (TPSA) is 106 Å². The number of hydrogen-bond donors (Lipinski definition) is 2. The van der Waals surface area contributed by atoms with Crippen LogP contribution in [0.2, 0.25) is 0 Å². The second-order valence-electron chi connectivity index (χ2n) is 10.4. The van der Waals surface area contributed by atoms with Crippen LogP contribution in [0.25, 0.3) is 0 Å². The number of carbonyl (C=O) groups excluding carboxylic acids is 3. The lowest BCUT2D eigenvalue weighted by molar-refractivity contribution is -0.115. The third-order valence-electron chi connectivity index (χ3n) is 7.44. The first-order valence-corrected chi connectivity index (χ1v) is 16.1. The number of benzene rings is 3. The van der Waals surface area contributed by atoms with Crippen LogP contribution in [-0.2, 0) is 29.0 Å². The summed E-state index contributed by atoms with van der Waals surface area (Å²) in [6.45, 7) is 4.11. The van der Waals surface area contributed by atoms with Gasteiger partial charge in [-0.2, -0.15) is 0 Å². The molecule has 0 fully saturated rings. The predicted octanol–water partition coefficient (Wildman–Crippen LogP) is 6.48. The van der Waals surface area contributed by atoms with E-state index >= 15 is 0 Å². The van der Waals surface area contributed by atoms with Crippen LogP contribution < -0.4 is 20.1 Å². The predicted molar refractivity (Wildman–Crippen MR) is 178 cm³/mol. The number of amides is 2. The lowest BCUT2D eigenvalue weighted by Gasteiger charge is -2.27. The quantitative estimate of drug-likeness (QED) is 0.141. The smallest absolute Gasteiger partial charge is 0.341 e. The van der Waals surface area contributed by atoms with Crippen molar-refractivity contribution in [3.05, 3.63) is 99.9 Å². The van der Waals surface area contributed by atoms with Crippen LogP contribution in [-0.4, -0.2) is 55.8 Å². The van der Waals surface area contributed by atoms with Crippen molar-refractivity contribution in [3.8, 4) is 11.5 Å². The number of anilines is 2. The Morgan fingerprint density at radius 3 is 2.31 bits per heavy atom. The number of esters is 1. The van der Waals surface area contributed by atoms with E-state index in [0.29, 0.717) is 40.7 Å². The van der Waals surface area contributed by atoms with Gasteiger partial charge in [-0.05, 0) is 54.8 Å². The van der Waals surface area contributed by atoms with Crippen LogP contribution in [0.4, 0.5) is 10.7 Å². The number of nitrogens with one attached hydrogen (secondary N) is 2. The van der Waals surface area contributed by atoms with Crippen LogP contribution in [0.5, 0.6) is 11.5 Å². The van der Waals surface area contributed by atoms with Gasteiger partial charge in [0.15, 0.2) is 0 Å². The van der Waals surface area contributed by atoms with E-state index in [0.717, 1.165) is 28.4 Å². The fourth-order valence-electron chi connectivity index (χ4n) is 5.23. The van der Waals surface area contributed by atoms with Crippen molar-refractivity contribution in [2.75, 3.05) is 38.5 Å². The Morgan fingerprint density at radius 1 is 0.911 bits per heavy atom. The Kier molecular flexibility index (Phi) is 10.4. The van der Waals surface area contributed by atoms with Gasteiger partial charge >= 0.3 is 5.97 Å². The highest BCUT2D eigenvalue weighted by molar-refractivity contribution is 8.00. The Morgan fingerprint density at radius 2 is 1.62 bits per heavy atom. The molecule has 0 radical (unpaired) electrons. The summed E-state index contributed by atoms with van der Waals surface area (Å²) in [5, 5.41) is 5.92. The van der Waals surface area contributed by atoms with Crippen LogP contribution in [0.3, 0.4) is 0 Å². The molecule has 4 aromatic rings. The molecule has 2 heterocycles. The normalized spacial score (nSPS) is 13.3. The zero-order valence-electron chi connectivity index (χ0n) is 25.5. The summed E-state index contributed by atoms with van der Waals surface area (Å²) in [6.07, 6.45) is 0.697. The van der Waals surface area contributed by atoms with Gasteiger partial charge < -0.3 is 24.8 Å². The molecule has 0 bridgehead atoms. The van der Waals surface area contributed by atoms with E-state index in [9.17, 15) is 14.4 Å². The average molecular weight is 646 g/mol. The molecule has 0 aliphatic carbocycles. The molecule has 1 aliphatic rings. The van der Waals surface area contributed by atoms with E-state index in [1.54, 1.807) is 37.3 Å². The SMILES string of the molecule is COC(=O)c1c(NC(=O)C(C)Sc2cccc(NC(=O)c3c(OC)cccc3OC)c2)sc2c1CCN(Cc1ccccc1)C2. The Balaban J connectivity index is 1.27. The van der Waals surface area contributed by atoms with Crippen molar-refractivity contribution in [2.45, 2.75) is 36.6 Å². The third-order valence-corrected chi connectivity index (χ3v) is 9.67. The van der Waals surface area contributed by atoms with Gasteiger partial charge in [0.1, 0.15) is 22.1 Å². The van der Waals surface area contributed by atoms with E-state index in [2.05, 4.69) is 27.7 Å². The standard InChI is InChI=1S/C34H35N3O6S2/c1-21(44-24-13-8-12-23(18-24)35-32(39)30-26(41-2)14-9-15-27(30)42-3)31(38)36-33-29(34(40)43-4)25-16-17-37(20-28(25)45-33)19-22-10-6-5-7-11-22/h5-15,18,21H,16-17,19-20H2,1-4H3,(H,35,39)(H,36,38). The van der Waals surface area contributed by atoms with Crippen LogP contribution in [0, 0.1) is 0 Å². The number of nitrogens with zero attached hydrogens (tertiary/aromatic N) is 1. The lowest BCUT2D eigenvalue weighted by Crippen LogP contribution is -2.29. The maximum atomic E-state index is 13.4. The summed E-state index contributed by atoms with van der Waals surface area (Å²) in [4.78, 5) is 43.6. The summed E-state index contributed by atoms with van der Waals surface area (Å²) in [6, 6.07) is 22.7. The van der Waals surface area contributed by atoms with Crippen molar-refractivity contribution in [2.24, 2.45) is 0 Å². The number of thiophene rings is 1. The molecule has 9 nitrogen and oxygen atoms in total. The summed E-state index contributed by atoms with van der Waals surface area (Å²) in [5.41, 5.74) is 3.47. The van der Waals surface area contributed by atoms with Crippen LogP contribution in [0.1, 0.15) is 43.6 Å². The number of carbonyl (C=O) groups is 3. The molecule has 11 heteroatoms. The Bertz CT molecular complexity index is 1670. The fraction of sp³-hybridized carbons (Fsp3) is 0.265. The number of fused-ring (bicyclic) bond motifs is 1. The Labute approximate surface area is 270 Å². The fourth-order valence-corrected chi connectivity index (χ4v) is 7.43. The molecular formula is C34H35N3O6S2. The molecule has 3 aromatic carbocycles. The number of methoxy groups -OCH3 is 3. The zero-order chi connectivity index (χ0) is 31.9. The molecule has 2 N–H and O–H groups in total. The molecule has 1 unspecified atom stereocenters. The maximum Gasteiger partial charge on any atom is 0.341 e. The van der Waals surface area contributed by atoms with Gasteiger partial charge in [-0.15, -0.1) is 23.1 Å². The molecule has 5 rings (SSSR count). The first-order chi connectivity index (χ1) is 21.8. The summed E-state index contributed by atoms with van der Waals surface area (Å²) in [5.74, 6) is -0.272. The van der Waals surface area contributed by atoms with Crippen LogP contribution in [0.15, 0.2) is 77.7 Å². The van der Waals surface area contributed by atoms with Gasteiger partial charge in [0, 0.05) is 35.1 Å². The van der Waals surface area contributed by atoms with Crippen molar-refractivity contribution in [1.29, 1.82) is 0 Å². The molecular weight excluding hydrogens is 611 g/mol. The molecule has 0 spiro atoms. The molecule has 45 heavy (non-hydrogen) atoms. The van der Waals surface area contributed by atoms with Crippen molar-refractivity contribution in [3.63, 3.8) is 0 Å². The average Bonchev–Trinajstić information content (AvgIpc) is 3.41. The number of thioether (sulfide) groups is 1. The van der Waals surface area contributed by atoms with Crippen molar-refractivity contribution >= 4 is 51.6 Å². The minimum atomic E-state index is -0.496. The van der Waals surface area contributed by atoms with Gasteiger partial charge in [0.2, 0.25) is 5.91 Å². The van der Waals surface area contributed by atoms with Gasteiger partial charge in [0.25, 0.3) is 5.91 Å². The molecule has 1 aromatic heterocycles. The monoisotopic (exact) mass is 645 g/mol. The summed E-state index contributed by atoms with van der Waals surface area (Å²) >= 11 is 2.78. The number of rotatable bonds is 11. The molecule has 1 atom stereocenters. The maximum absolute atomic E-state index is 13.4. The van der Waals surface area contributed by atoms with E-state index < -0.39 is 11.2 Å². The molecule has 234 valence electrons. The van der Waals surface area contributed by atoms with Crippen molar-refractivity contribution < 1.29 is 28.6 Å². The highest BCUT2D eigenvalue weighted by Gasteiger charge is 2.30. The van der Waals surface area contributed by atoms with Gasteiger partial charge in [-0.3, -0.25) is 14.5 Å². The third kappa shape index (κ3) is 7.50. The molecule has 1 aliphatic heterocycles. The minimum Gasteiger partial charge on any atom is -0.496 e. The van der Waals surface area contributed by atoms with Gasteiger partial charge in [-0.25, -0.2) is 4.79 Å². The highest BCUT2D eigenvalue weighted by Crippen LogP contribution is 2.39. The van der Waals surface area contributed by atoms with Gasteiger partial charge in [0.05, 0.1) is 32.1 Å². The number of ether oxygens (including phenoxy) is 3.